The Morgan fingerprint density at radius 1 is 0.612 bits per heavy atom. The average molecular weight is 717 g/mol. The van der Waals surface area contributed by atoms with Crippen molar-refractivity contribution in [2.45, 2.75) is 193 Å². The largest absolute Gasteiger partial charge is 1.00 e. The van der Waals surface area contributed by atoms with Gasteiger partial charge in [-0.3, -0.25) is 10.2 Å². The molecule has 1 atom stereocenters. The van der Waals surface area contributed by atoms with Crippen molar-refractivity contribution in [1.29, 1.82) is 0 Å². The molecule has 0 radical (unpaired) electrons. The lowest BCUT2D eigenvalue weighted by atomic mass is 10.0. The molecule has 0 aliphatic heterocycles. The van der Waals surface area contributed by atoms with Gasteiger partial charge in [0, 0.05) is 0 Å². The minimum Gasteiger partial charge on any atom is -1.00 e. The second kappa shape index (κ2) is 34.5. The van der Waals surface area contributed by atoms with E-state index in [0.717, 1.165) is 51.4 Å². The zero-order chi connectivity index (χ0) is 35.7. The average Bonchev–Trinajstić information content (AvgIpc) is 3.07. The summed E-state index contributed by atoms with van der Waals surface area (Å²) in [5, 5.41) is 6.74. The molecule has 0 heterocycles. The summed E-state index contributed by atoms with van der Waals surface area (Å²) in [6.45, 7) is 5.47. The van der Waals surface area contributed by atoms with E-state index in [0.29, 0.717) is 25.8 Å². The Balaban J connectivity index is 0. The standard InChI is InChI=1S/C38H77N7O3.ClH/c1-4-6-8-10-12-14-16-18-20-22-24-29-35(46)45(3,36(47)30-25-23-21-19-17-15-13-11-9-7-5-2)33-32-42-37(48)34(28-26-27-31-39)43-44-38(40)41;/h34,43H,4-33,39H2,1-3H3,(H4-,40,41,42,44,48);1H/t34-;/m0./s1. The first-order chi connectivity index (χ1) is 23.2. The molecule has 0 rings (SSSR count). The van der Waals surface area contributed by atoms with Gasteiger partial charge in [0.05, 0.1) is 26.4 Å². The number of unbranched alkanes of at least 4 members (excludes halogenated alkanes) is 21. The molecule has 0 spiro atoms. The second-order valence-electron chi connectivity index (χ2n) is 14.1. The van der Waals surface area contributed by atoms with Gasteiger partial charge in [-0.25, -0.2) is 9.59 Å². The topological polar surface area (TPSA) is 166 Å². The molecule has 49 heavy (non-hydrogen) atoms. The molecule has 290 valence electrons. The molecule has 0 aromatic carbocycles. The number of hydrogen-bond donors (Lipinski definition) is 5. The number of quaternary nitrogens is 1. The van der Waals surface area contributed by atoms with E-state index >= 15 is 0 Å². The maximum absolute atomic E-state index is 13.6. The highest BCUT2D eigenvalue weighted by molar-refractivity contribution is 5.85. The number of rotatable bonds is 34. The number of nitrogens with one attached hydrogen (secondary N) is 2. The third-order valence-electron chi connectivity index (χ3n) is 9.56. The number of amides is 3. The highest BCUT2D eigenvalue weighted by Gasteiger charge is 2.38. The summed E-state index contributed by atoms with van der Waals surface area (Å²) in [6, 6.07) is -0.628. The van der Waals surface area contributed by atoms with Crippen LogP contribution < -0.4 is 40.4 Å². The van der Waals surface area contributed by atoms with E-state index in [1.165, 1.54) is 103 Å². The van der Waals surface area contributed by atoms with E-state index in [1.54, 1.807) is 7.05 Å². The fourth-order valence-corrected chi connectivity index (χ4v) is 6.19. The Bertz CT molecular complexity index is 802. The molecule has 8 N–H and O–H groups in total. The quantitative estimate of drug-likeness (QED) is 0.0218. The van der Waals surface area contributed by atoms with Gasteiger partial charge in [0.2, 0.25) is 11.9 Å². The minimum absolute atomic E-state index is 0. The number of likely N-dealkylation sites (N-methyl/N-ethyl adjacent to an activating group) is 1. The molecule has 3 amide bonds. The number of guanidine groups is 1. The van der Waals surface area contributed by atoms with Crippen molar-refractivity contribution in [2.75, 3.05) is 26.7 Å². The molecule has 0 aromatic rings. The SMILES string of the molecule is CCCCCCCCCCCCCC(=O)[N+](C)(CCNC(=O)[C@H](CCCCN)NN=C(N)N)C(=O)CCCCCCCCCCCCC.[Cl-]. The number of hydrazone groups is 1. The number of nitrogens with zero attached hydrogens (tertiary/aromatic N) is 2. The molecule has 0 fully saturated rings. The summed E-state index contributed by atoms with van der Waals surface area (Å²) in [4.78, 5) is 40.2. The van der Waals surface area contributed by atoms with Crippen LogP contribution in [0.15, 0.2) is 5.10 Å². The zero-order valence-corrected chi connectivity index (χ0v) is 32.8. The predicted octanol–water partition coefficient (Wildman–Crippen LogP) is 4.28. The second-order valence-corrected chi connectivity index (χ2v) is 14.1. The number of carbonyl (C=O) groups excluding carboxylic acids is 3. The van der Waals surface area contributed by atoms with Crippen LogP contribution in [0, 0.1) is 0 Å². The third-order valence-corrected chi connectivity index (χ3v) is 9.56. The van der Waals surface area contributed by atoms with Gasteiger partial charge in [0.1, 0.15) is 12.6 Å². The fraction of sp³-hybridized carbons (Fsp3) is 0.895. The van der Waals surface area contributed by atoms with Crippen molar-refractivity contribution in [3.63, 3.8) is 0 Å². The third kappa shape index (κ3) is 27.5. The zero-order valence-electron chi connectivity index (χ0n) is 32.0. The van der Waals surface area contributed by atoms with Crippen LogP contribution in [0.5, 0.6) is 0 Å². The summed E-state index contributed by atoms with van der Waals surface area (Å²) >= 11 is 0. The van der Waals surface area contributed by atoms with Gasteiger partial charge in [0.15, 0.2) is 0 Å². The summed E-state index contributed by atoms with van der Waals surface area (Å²) in [6.07, 6.45) is 29.5. The lowest BCUT2D eigenvalue weighted by molar-refractivity contribution is -0.757. The van der Waals surface area contributed by atoms with Crippen LogP contribution in [0.3, 0.4) is 0 Å². The lowest BCUT2D eigenvalue weighted by Gasteiger charge is -2.29. The Morgan fingerprint density at radius 2 is 1.00 bits per heavy atom. The molecule has 0 aliphatic carbocycles. The molecule has 0 unspecified atom stereocenters. The van der Waals surface area contributed by atoms with Crippen LogP contribution >= 0.6 is 0 Å². The van der Waals surface area contributed by atoms with Crippen molar-refractivity contribution in [3.8, 4) is 0 Å². The van der Waals surface area contributed by atoms with Crippen molar-refractivity contribution in [2.24, 2.45) is 22.3 Å². The molecule has 0 saturated carbocycles. The summed E-state index contributed by atoms with van der Waals surface area (Å²) in [5.41, 5.74) is 19.3. The number of nitrogens with two attached hydrogens (primary N) is 3. The first kappa shape index (κ1) is 49.2. The summed E-state index contributed by atoms with van der Waals surface area (Å²) < 4.78 is -0.269. The van der Waals surface area contributed by atoms with Gasteiger partial charge >= 0.3 is 11.8 Å². The molecular formula is C38H78ClN7O3. The first-order valence-corrected chi connectivity index (χ1v) is 20.0. The molecule has 0 aromatic heterocycles. The molecule has 0 bridgehead atoms. The Hall–Kier alpha value is -1.91. The normalized spacial score (nSPS) is 11.8. The van der Waals surface area contributed by atoms with Crippen LogP contribution in [0.1, 0.15) is 187 Å². The predicted molar refractivity (Wildman–Crippen MR) is 202 cm³/mol. The Labute approximate surface area is 307 Å². The lowest BCUT2D eigenvalue weighted by Crippen LogP contribution is -3.00. The van der Waals surface area contributed by atoms with Crippen LogP contribution in [0.4, 0.5) is 0 Å². The number of imide groups is 1. The van der Waals surface area contributed by atoms with Gasteiger partial charge in [-0.15, -0.1) is 5.10 Å². The van der Waals surface area contributed by atoms with Gasteiger partial charge < -0.3 is 34.9 Å². The van der Waals surface area contributed by atoms with E-state index in [9.17, 15) is 14.4 Å². The Morgan fingerprint density at radius 3 is 1.37 bits per heavy atom. The molecular weight excluding hydrogens is 638 g/mol. The van der Waals surface area contributed by atoms with Crippen molar-refractivity contribution < 1.29 is 31.3 Å². The van der Waals surface area contributed by atoms with Crippen LogP contribution in [-0.4, -0.2) is 60.9 Å². The van der Waals surface area contributed by atoms with Gasteiger partial charge in [-0.1, -0.05) is 142 Å². The van der Waals surface area contributed by atoms with E-state index in [1.807, 2.05) is 0 Å². The smallest absolute Gasteiger partial charge is 0.320 e. The van der Waals surface area contributed by atoms with Gasteiger partial charge in [-0.2, -0.15) is 4.48 Å². The van der Waals surface area contributed by atoms with Crippen LogP contribution in [0.25, 0.3) is 0 Å². The number of hydrogen-bond acceptors (Lipinski definition) is 6. The number of halogens is 1. The highest BCUT2D eigenvalue weighted by atomic mass is 35.5. The maximum Gasteiger partial charge on any atom is 0.320 e. The van der Waals surface area contributed by atoms with Crippen molar-refractivity contribution in [3.05, 3.63) is 0 Å². The van der Waals surface area contributed by atoms with Crippen LogP contribution in [0.2, 0.25) is 0 Å². The molecule has 0 saturated heterocycles. The van der Waals surface area contributed by atoms with Gasteiger partial charge in [-0.05, 0) is 38.6 Å². The van der Waals surface area contributed by atoms with Crippen molar-refractivity contribution >= 4 is 23.7 Å². The summed E-state index contributed by atoms with van der Waals surface area (Å²) in [7, 11) is 1.74. The monoisotopic (exact) mass is 716 g/mol. The van der Waals surface area contributed by atoms with E-state index < -0.39 is 6.04 Å². The molecule has 0 aliphatic rings. The number of carbonyl (C=O) groups is 3. The van der Waals surface area contributed by atoms with Gasteiger partial charge in [0.25, 0.3) is 0 Å². The molecule has 10 nitrogen and oxygen atoms in total. The highest BCUT2D eigenvalue weighted by Crippen LogP contribution is 2.18. The summed E-state index contributed by atoms with van der Waals surface area (Å²) in [5.74, 6) is -0.520. The maximum atomic E-state index is 13.6. The van der Waals surface area contributed by atoms with E-state index in [2.05, 4.69) is 29.7 Å². The first-order valence-electron chi connectivity index (χ1n) is 20.0. The van der Waals surface area contributed by atoms with Crippen molar-refractivity contribution in [1.82, 2.24) is 10.7 Å². The van der Waals surface area contributed by atoms with E-state index in [-0.39, 0.29) is 53.7 Å². The molecule has 11 heteroatoms. The van der Waals surface area contributed by atoms with E-state index in [4.69, 9.17) is 17.2 Å². The Kier molecular flexibility index (Phi) is 34.7. The van der Waals surface area contributed by atoms with Crippen LogP contribution in [-0.2, 0) is 14.4 Å². The fourth-order valence-electron chi connectivity index (χ4n) is 6.19. The minimum atomic E-state index is -0.628.